The summed E-state index contributed by atoms with van der Waals surface area (Å²) in [7, 11) is 0. The second-order valence-electron chi connectivity index (χ2n) is 5.59. The van der Waals surface area contributed by atoms with Crippen LogP contribution in [0.3, 0.4) is 0 Å². The predicted molar refractivity (Wildman–Crippen MR) is 72.4 cm³/mol. The van der Waals surface area contributed by atoms with Gasteiger partial charge in [0.25, 0.3) is 0 Å². The van der Waals surface area contributed by atoms with Gasteiger partial charge in [-0.2, -0.15) is 5.26 Å². The van der Waals surface area contributed by atoms with Crippen molar-refractivity contribution in [1.82, 2.24) is 4.90 Å². The van der Waals surface area contributed by atoms with E-state index in [0.29, 0.717) is 0 Å². The molecule has 1 aliphatic carbocycles. The predicted octanol–water partition coefficient (Wildman–Crippen LogP) is 2.54. The molecule has 0 bridgehead atoms. The molecule has 2 aliphatic rings. The first-order valence-corrected chi connectivity index (χ1v) is 6.72. The lowest BCUT2D eigenvalue weighted by Gasteiger charge is -2.25. The number of para-hydroxylation sites is 1. The number of anilines is 1. The number of nitrogens with one attached hydrogen (secondary N) is 1. The molecule has 1 aromatic carbocycles. The van der Waals surface area contributed by atoms with E-state index in [2.05, 4.69) is 35.3 Å². The SMILES string of the molecule is Cc1ccccc1NC1(C#N)CCN(C2CC2)C1. The Balaban J connectivity index is 1.77. The van der Waals surface area contributed by atoms with Crippen LogP contribution >= 0.6 is 0 Å². The van der Waals surface area contributed by atoms with Crippen LogP contribution in [0.2, 0.25) is 0 Å². The zero-order chi connectivity index (χ0) is 12.6. The van der Waals surface area contributed by atoms with Crippen molar-refractivity contribution in [3.63, 3.8) is 0 Å². The van der Waals surface area contributed by atoms with Gasteiger partial charge < -0.3 is 5.32 Å². The number of benzene rings is 1. The van der Waals surface area contributed by atoms with Crippen LogP contribution in [-0.2, 0) is 0 Å². The summed E-state index contributed by atoms with van der Waals surface area (Å²) in [6.07, 6.45) is 3.55. The van der Waals surface area contributed by atoms with Gasteiger partial charge >= 0.3 is 0 Å². The number of hydrogen-bond donors (Lipinski definition) is 1. The number of aryl methyl sites for hydroxylation is 1. The molecule has 1 N–H and O–H groups in total. The molecule has 3 heteroatoms. The van der Waals surface area contributed by atoms with Gasteiger partial charge in [0.15, 0.2) is 0 Å². The maximum absolute atomic E-state index is 9.55. The largest absolute Gasteiger partial charge is 0.366 e. The van der Waals surface area contributed by atoms with Gasteiger partial charge in [-0.25, -0.2) is 0 Å². The molecule has 1 aromatic rings. The van der Waals surface area contributed by atoms with Crippen LogP contribution in [0.4, 0.5) is 5.69 Å². The molecule has 18 heavy (non-hydrogen) atoms. The Morgan fingerprint density at radius 3 is 2.83 bits per heavy atom. The summed E-state index contributed by atoms with van der Waals surface area (Å²) in [6.45, 7) is 4.00. The topological polar surface area (TPSA) is 39.1 Å². The van der Waals surface area contributed by atoms with Crippen LogP contribution in [0, 0.1) is 18.3 Å². The summed E-state index contributed by atoms with van der Waals surface area (Å²) < 4.78 is 0. The number of likely N-dealkylation sites (tertiary alicyclic amines) is 1. The third-order valence-corrected chi connectivity index (χ3v) is 4.10. The molecule has 0 aromatic heterocycles. The van der Waals surface area contributed by atoms with Crippen LogP contribution in [0.15, 0.2) is 24.3 Å². The molecule has 1 saturated carbocycles. The van der Waals surface area contributed by atoms with E-state index in [-0.39, 0.29) is 0 Å². The Kier molecular flexibility index (Phi) is 2.76. The van der Waals surface area contributed by atoms with E-state index in [0.717, 1.165) is 31.2 Å². The fourth-order valence-electron chi connectivity index (χ4n) is 2.78. The van der Waals surface area contributed by atoms with Crippen molar-refractivity contribution in [2.75, 3.05) is 18.4 Å². The standard InChI is InChI=1S/C15H19N3/c1-12-4-2-3-5-14(12)17-15(10-16)8-9-18(11-15)13-6-7-13/h2-5,13,17H,6-9,11H2,1H3. The Morgan fingerprint density at radius 1 is 1.39 bits per heavy atom. The van der Waals surface area contributed by atoms with E-state index in [1.54, 1.807) is 0 Å². The number of hydrogen-bond acceptors (Lipinski definition) is 3. The van der Waals surface area contributed by atoms with E-state index in [1.165, 1.54) is 18.4 Å². The zero-order valence-electron chi connectivity index (χ0n) is 10.8. The first-order valence-electron chi connectivity index (χ1n) is 6.72. The summed E-state index contributed by atoms with van der Waals surface area (Å²) >= 11 is 0. The zero-order valence-corrected chi connectivity index (χ0v) is 10.8. The molecule has 2 fully saturated rings. The molecule has 0 spiro atoms. The van der Waals surface area contributed by atoms with Crippen molar-refractivity contribution in [3.05, 3.63) is 29.8 Å². The summed E-state index contributed by atoms with van der Waals surface area (Å²) in [6, 6.07) is 11.5. The lowest BCUT2D eigenvalue weighted by Crippen LogP contribution is -2.40. The van der Waals surface area contributed by atoms with Crippen LogP contribution in [0.5, 0.6) is 0 Å². The van der Waals surface area contributed by atoms with Crippen molar-refractivity contribution in [3.8, 4) is 6.07 Å². The van der Waals surface area contributed by atoms with Crippen LogP contribution < -0.4 is 5.32 Å². The van der Waals surface area contributed by atoms with Crippen molar-refractivity contribution >= 4 is 5.69 Å². The first-order chi connectivity index (χ1) is 8.72. The Bertz CT molecular complexity index is 487. The number of nitrogens with zero attached hydrogens (tertiary/aromatic N) is 2. The van der Waals surface area contributed by atoms with E-state index in [1.807, 2.05) is 12.1 Å². The van der Waals surface area contributed by atoms with Crippen molar-refractivity contribution < 1.29 is 0 Å². The van der Waals surface area contributed by atoms with Crippen molar-refractivity contribution in [2.45, 2.75) is 37.8 Å². The van der Waals surface area contributed by atoms with Gasteiger partial charge in [0.2, 0.25) is 0 Å². The highest BCUT2D eigenvalue weighted by Crippen LogP contribution is 2.35. The van der Waals surface area contributed by atoms with Crippen LogP contribution in [-0.4, -0.2) is 29.6 Å². The smallest absolute Gasteiger partial charge is 0.139 e. The molecule has 94 valence electrons. The third-order valence-electron chi connectivity index (χ3n) is 4.10. The number of rotatable bonds is 3. The molecule has 1 aliphatic heterocycles. The lowest BCUT2D eigenvalue weighted by molar-refractivity contribution is 0.319. The average molecular weight is 241 g/mol. The monoisotopic (exact) mass is 241 g/mol. The van der Waals surface area contributed by atoms with Gasteiger partial charge in [-0.3, -0.25) is 4.90 Å². The summed E-state index contributed by atoms with van der Waals surface area (Å²) in [4.78, 5) is 2.47. The van der Waals surface area contributed by atoms with Gasteiger partial charge in [-0.15, -0.1) is 0 Å². The molecular formula is C15H19N3. The highest BCUT2D eigenvalue weighted by Gasteiger charge is 2.43. The molecule has 1 heterocycles. The fraction of sp³-hybridized carbons (Fsp3) is 0.533. The molecule has 1 unspecified atom stereocenters. The summed E-state index contributed by atoms with van der Waals surface area (Å²) in [5, 5.41) is 13.0. The lowest BCUT2D eigenvalue weighted by atomic mass is 9.99. The molecule has 0 amide bonds. The quantitative estimate of drug-likeness (QED) is 0.884. The van der Waals surface area contributed by atoms with Crippen LogP contribution in [0.25, 0.3) is 0 Å². The summed E-state index contributed by atoms with van der Waals surface area (Å²) in [5.41, 5.74) is 1.91. The molecule has 3 rings (SSSR count). The van der Waals surface area contributed by atoms with Crippen molar-refractivity contribution in [2.24, 2.45) is 0 Å². The second kappa shape index (κ2) is 4.29. The fourth-order valence-corrected chi connectivity index (χ4v) is 2.78. The van der Waals surface area contributed by atoms with E-state index in [9.17, 15) is 5.26 Å². The third kappa shape index (κ3) is 2.09. The van der Waals surface area contributed by atoms with Gasteiger partial charge in [0.1, 0.15) is 5.54 Å². The van der Waals surface area contributed by atoms with Crippen molar-refractivity contribution in [1.29, 1.82) is 5.26 Å². The molecule has 1 saturated heterocycles. The highest BCUT2D eigenvalue weighted by molar-refractivity contribution is 5.54. The minimum Gasteiger partial charge on any atom is -0.366 e. The molecule has 0 radical (unpaired) electrons. The Labute approximate surface area is 108 Å². The molecular weight excluding hydrogens is 222 g/mol. The minimum atomic E-state index is -0.394. The maximum Gasteiger partial charge on any atom is 0.139 e. The number of nitriles is 1. The normalized spacial score (nSPS) is 28.0. The van der Waals surface area contributed by atoms with Crippen LogP contribution in [0.1, 0.15) is 24.8 Å². The van der Waals surface area contributed by atoms with Gasteiger partial charge in [-0.1, -0.05) is 18.2 Å². The molecule has 1 atom stereocenters. The van der Waals surface area contributed by atoms with Gasteiger partial charge in [0, 0.05) is 24.8 Å². The average Bonchev–Trinajstić information content (AvgIpc) is 3.15. The van der Waals surface area contributed by atoms with E-state index < -0.39 is 5.54 Å². The Hall–Kier alpha value is -1.53. The highest BCUT2D eigenvalue weighted by atomic mass is 15.2. The van der Waals surface area contributed by atoms with E-state index in [4.69, 9.17) is 0 Å². The maximum atomic E-state index is 9.55. The first kappa shape index (κ1) is 11.6. The van der Waals surface area contributed by atoms with E-state index >= 15 is 0 Å². The minimum absolute atomic E-state index is 0.394. The second-order valence-corrected chi connectivity index (χ2v) is 5.59. The van der Waals surface area contributed by atoms with Gasteiger partial charge in [0.05, 0.1) is 6.07 Å². The summed E-state index contributed by atoms with van der Waals surface area (Å²) in [5.74, 6) is 0. The van der Waals surface area contributed by atoms with Gasteiger partial charge in [-0.05, 0) is 37.8 Å². The Morgan fingerprint density at radius 2 is 2.17 bits per heavy atom. The molecule has 3 nitrogen and oxygen atoms in total.